The molecular weight excluding hydrogens is 436 g/mol. The molecule has 0 aliphatic heterocycles. The molecule has 8 heteroatoms. The van der Waals surface area contributed by atoms with E-state index in [1.165, 1.54) is 24.3 Å². The number of ether oxygens (including phenoxy) is 1. The molecule has 4 rings (SSSR count). The van der Waals surface area contributed by atoms with Gasteiger partial charge in [0, 0.05) is 24.5 Å². The Morgan fingerprint density at radius 3 is 2.24 bits per heavy atom. The molecule has 0 spiro atoms. The van der Waals surface area contributed by atoms with Crippen molar-refractivity contribution < 1.29 is 24.4 Å². The SMILES string of the molecule is CCOC(=O)[C@H](NC(=O)CC1c2ccccc2-c2ccccc21)[C@H](O)c1cccc([N+](=O)[O-])c1. The predicted octanol–water partition coefficient (Wildman–Crippen LogP) is 3.88. The lowest BCUT2D eigenvalue weighted by Gasteiger charge is -2.24. The van der Waals surface area contributed by atoms with Crippen molar-refractivity contribution in [3.63, 3.8) is 0 Å². The maximum atomic E-state index is 13.1. The number of nitrogens with zero attached hydrogens (tertiary/aromatic N) is 1. The Morgan fingerprint density at radius 1 is 1.03 bits per heavy atom. The number of nitrogens with one attached hydrogen (secondary N) is 1. The van der Waals surface area contributed by atoms with Crippen LogP contribution in [-0.4, -0.2) is 34.6 Å². The quantitative estimate of drug-likeness (QED) is 0.299. The van der Waals surface area contributed by atoms with Crippen LogP contribution in [0.3, 0.4) is 0 Å². The molecule has 0 bridgehead atoms. The van der Waals surface area contributed by atoms with E-state index in [0.717, 1.165) is 22.3 Å². The molecule has 0 heterocycles. The molecule has 1 aliphatic rings. The largest absolute Gasteiger partial charge is 0.464 e. The van der Waals surface area contributed by atoms with Crippen LogP contribution >= 0.6 is 0 Å². The van der Waals surface area contributed by atoms with Gasteiger partial charge in [0.15, 0.2) is 6.04 Å². The molecule has 0 fully saturated rings. The fraction of sp³-hybridized carbons (Fsp3) is 0.231. The first-order chi connectivity index (χ1) is 16.4. The van der Waals surface area contributed by atoms with E-state index in [4.69, 9.17) is 4.74 Å². The van der Waals surface area contributed by atoms with E-state index in [9.17, 15) is 24.8 Å². The molecule has 3 aromatic rings. The number of nitro groups is 1. The molecule has 0 unspecified atom stereocenters. The summed E-state index contributed by atoms with van der Waals surface area (Å²) in [6, 6.07) is 19.6. The fourth-order valence-corrected chi connectivity index (χ4v) is 4.41. The van der Waals surface area contributed by atoms with Crippen molar-refractivity contribution >= 4 is 17.6 Å². The van der Waals surface area contributed by atoms with Gasteiger partial charge in [0.25, 0.3) is 5.69 Å². The lowest BCUT2D eigenvalue weighted by molar-refractivity contribution is -0.385. The number of aliphatic hydroxyl groups is 1. The van der Waals surface area contributed by atoms with Gasteiger partial charge in [0.1, 0.15) is 6.10 Å². The highest BCUT2D eigenvalue weighted by atomic mass is 16.6. The van der Waals surface area contributed by atoms with Crippen molar-refractivity contribution in [2.45, 2.75) is 31.4 Å². The van der Waals surface area contributed by atoms with Gasteiger partial charge < -0.3 is 15.2 Å². The minimum atomic E-state index is -1.52. The van der Waals surface area contributed by atoms with Crippen LogP contribution in [0.4, 0.5) is 5.69 Å². The van der Waals surface area contributed by atoms with Crippen LogP contribution in [0.1, 0.15) is 42.1 Å². The number of benzene rings is 3. The maximum absolute atomic E-state index is 13.1. The van der Waals surface area contributed by atoms with Gasteiger partial charge in [0.2, 0.25) is 5.91 Å². The van der Waals surface area contributed by atoms with Crippen LogP contribution in [0.2, 0.25) is 0 Å². The molecule has 0 saturated heterocycles. The Kier molecular flexibility index (Phi) is 6.70. The fourth-order valence-electron chi connectivity index (χ4n) is 4.41. The topological polar surface area (TPSA) is 119 Å². The number of non-ortho nitro benzene ring substituents is 1. The second kappa shape index (κ2) is 9.84. The first-order valence-corrected chi connectivity index (χ1v) is 11.0. The third-order valence-corrected chi connectivity index (χ3v) is 5.95. The zero-order valence-corrected chi connectivity index (χ0v) is 18.5. The normalized spacial score (nSPS) is 13.9. The highest BCUT2D eigenvalue weighted by Gasteiger charge is 2.34. The number of rotatable bonds is 8. The molecule has 3 aromatic carbocycles. The zero-order chi connectivity index (χ0) is 24.2. The average Bonchev–Trinajstić information content (AvgIpc) is 3.16. The lowest BCUT2D eigenvalue weighted by atomic mass is 9.93. The molecule has 1 aliphatic carbocycles. The average molecular weight is 460 g/mol. The summed E-state index contributed by atoms with van der Waals surface area (Å²) in [5.74, 6) is -1.47. The van der Waals surface area contributed by atoms with Gasteiger partial charge in [-0.15, -0.1) is 0 Å². The summed E-state index contributed by atoms with van der Waals surface area (Å²) in [4.78, 5) is 36.2. The number of aliphatic hydroxyl groups excluding tert-OH is 1. The molecule has 1 amide bonds. The molecule has 0 aromatic heterocycles. The number of carbonyl (C=O) groups is 2. The van der Waals surface area contributed by atoms with E-state index in [2.05, 4.69) is 5.32 Å². The number of carbonyl (C=O) groups excluding carboxylic acids is 2. The molecule has 174 valence electrons. The molecule has 2 N–H and O–H groups in total. The standard InChI is InChI=1S/C26H24N2O6/c1-2-34-26(31)24(25(30)16-8-7-9-17(14-16)28(32)33)27-23(29)15-22-20-12-5-3-10-18(20)19-11-4-6-13-21(19)22/h3-14,22,24-25,30H,2,15H2,1H3,(H,27,29)/t24-,25-/m1/s1. The summed E-state index contributed by atoms with van der Waals surface area (Å²) < 4.78 is 5.06. The van der Waals surface area contributed by atoms with E-state index in [0.29, 0.717) is 0 Å². The molecule has 8 nitrogen and oxygen atoms in total. The van der Waals surface area contributed by atoms with Crippen LogP contribution in [0.25, 0.3) is 11.1 Å². The van der Waals surface area contributed by atoms with Crippen LogP contribution in [-0.2, 0) is 14.3 Å². The Bertz CT molecular complexity index is 1200. The number of esters is 1. The van der Waals surface area contributed by atoms with E-state index < -0.39 is 28.9 Å². The third kappa shape index (κ3) is 4.53. The summed E-state index contributed by atoms with van der Waals surface area (Å²) in [5, 5.41) is 24.6. The number of fused-ring (bicyclic) bond motifs is 3. The summed E-state index contributed by atoms with van der Waals surface area (Å²) in [7, 11) is 0. The summed E-state index contributed by atoms with van der Waals surface area (Å²) in [6.45, 7) is 1.67. The number of amides is 1. The third-order valence-electron chi connectivity index (χ3n) is 5.95. The summed E-state index contributed by atoms with van der Waals surface area (Å²) in [5.41, 5.74) is 4.06. The van der Waals surface area contributed by atoms with Gasteiger partial charge in [-0.2, -0.15) is 0 Å². The van der Waals surface area contributed by atoms with E-state index >= 15 is 0 Å². The van der Waals surface area contributed by atoms with Gasteiger partial charge in [-0.1, -0.05) is 60.7 Å². The number of nitro benzene ring substituents is 1. The molecular formula is C26H24N2O6. The maximum Gasteiger partial charge on any atom is 0.331 e. The lowest BCUT2D eigenvalue weighted by Crippen LogP contribution is -2.46. The van der Waals surface area contributed by atoms with Crippen LogP contribution < -0.4 is 5.32 Å². The molecule has 0 saturated carbocycles. The monoisotopic (exact) mass is 460 g/mol. The van der Waals surface area contributed by atoms with Crippen LogP contribution in [0.5, 0.6) is 0 Å². The summed E-state index contributed by atoms with van der Waals surface area (Å²) in [6.07, 6.45) is -1.46. The second-order valence-corrected chi connectivity index (χ2v) is 8.03. The van der Waals surface area contributed by atoms with Gasteiger partial charge in [-0.3, -0.25) is 14.9 Å². The van der Waals surface area contributed by atoms with Crippen molar-refractivity contribution in [1.82, 2.24) is 5.32 Å². The first kappa shape index (κ1) is 23.1. The van der Waals surface area contributed by atoms with Crippen molar-refractivity contribution in [3.05, 3.63) is 99.6 Å². The summed E-state index contributed by atoms with van der Waals surface area (Å²) >= 11 is 0. The minimum absolute atomic E-state index is 0.0518. The van der Waals surface area contributed by atoms with E-state index in [-0.39, 0.29) is 30.2 Å². The smallest absolute Gasteiger partial charge is 0.331 e. The van der Waals surface area contributed by atoms with E-state index in [1.54, 1.807) is 6.92 Å². The van der Waals surface area contributed by atoms with Gasteiger partial charge in [-0.05, 0) is 34.7 Å². The Labute approximate surface area is 196 Å². The van der Waals surface area contributed by atoms with Crippen LogP contribution in [0, 0.1) is 10.1 Å². The Morgan fingerprint density at radius 2 is 1.65 bits per heavy atom. The van der Waals surface area contributed by atoms with Crippen molar-refractivity contribution in [2.24, 2.45) is 0 Å². The van der Waals surface area contributed by atoms with Gasteiger partial charge in [0.05, 0.1) is 11.5 Å². The molecule has 34 heavy (non-hydrogen) atoms. The number of hydrogen-bond donors (Lipinski definition) is 2. The van der Waals surface area contributed by atoms with Crippen molar-refractivity contribution in [1.29, 1.82) is 0 Å². The highest BCUT2D eigenvalue weighted by molar-refractivity contribution is 5.88. The predicted molar refractivity (Wildman–Crippen MR) is 125 cm³/mol. The molecule has 0 radical (unpaired) electrons. The number of hydrogen-bond acceptors (Lipinski definition) is 6. The van der Waals surface area contributed by atoms with Crippen molar-refractivity contribution in [3.8, 4) is 11.1 Å². The minimum Gasteiger partial charge on any atom is -0.464 e. The van der Waals surface area contributed by atoms with Gasteiger partial charge >= 0.3 is 5.97 Å². The second-order valence-electron chi connectivity index (χ2n) is 8.03. The zero-order valence-electron chi connectivity index (χ0n) is 18.5. The van der Waals surface area contributed by atoms with E-state index in [1.807, 2.05) is 48.5 Å². The van der Waals surface area contributed by atoms with Crippen molar-refractivity contribution in [2.75, 3.05) is 6.61 Å². The first-order valence-electron chi connectivity index (χ1n) is 11.0. The Hall–Kier alpha value is -4.04. The highest BCUT2D eigenvalue weighted by Crippen LogP contribution is 2.46. The molecule has 2 atom stereocenters. The Balaban J connectivity index is 1.58. The van der Waals surface area contributed by atoms with Gasteiger partial charge in [-0.25, -0.2) is 4.79 Å². The van der Waals surface area contributed by atoms with Crippen LogP contribution in [0.15, 0.2) is 72.8 Å².